The third-order valence-electron chi connectivity index (χ3n) is 5.60. The van der Waals surface area contributed by atoms with E-state index in [1.165, 1.54) is 24.0 Å². The molecule has 0 saturated heterocycles. The van der Waals surface area contributed by atoms with Gasteiger partial charge in [0.25, 0.3) is 0 Å². The van der Waals surface area contributed by atoms with E-state index in [-0.39, 0.29) is 17.3 Å². The maximum Gasteiger partial charge on any atom is 0.238 e. The third-order valence-corrected chi connectivity index (χ3v) is 6.53. The Morgan fingerprint density at radius 2 is 1.48 bits per heavy atom. The number of rotatable bonds is 5. The molecule has 1 fully saturated rings. The summed E-state index contributed by atoms with van der Waals surface area (Å²) in [5, 5.41) is 5.19. The van der Waals surface area contributed by atoms with Crippen molar-refractivity contribution in [3.05, 3.63) is 65.7 Å². The van der Waals surface area contributed by atoms with Crippen molar-refractivity contribution in [3.63, 3.8) is 0 Å². The molecular weight excluding hydrogens is 380 g/mol. The third kappa shape index (κ3) is 5.32. The summed E-state index contributed by atoms with van der Waals surface area (Å²) in [6, 6.07) is 18.3. The lowest BCUT2D eigenvalue weighted by Crippen LogP contribution is -2.30. The van der Waals surface area contributed by atoms with Gasteiger partial charge in [-0.3, -0.25) is 0 Å². The predicted molar refractivity (Wildman–Crippen MR) is 113 cm³/mol. The van der Waals surface area contributed by atoms with Crippen LogP contribution in [0.3, 0.4) is 0 Å². The van der Waals surface area contributed by atoms with Crippen LogP contribution >= 0.6 is 12.4 Å². The lowest BCUT2D eigenvalue weighted by Gasteiger charge is -2.37. The molecule has 6 heteroatoms. The van der Waals surface area contributed by atoms with Gasteiger partial charge >= 0.3 is 0 Å². The molecule has 3 rings (SSSR count). The zero-order valence-corrected chi connectivity index (χ0v) is 17.5. The monoisotopic (exact) mass is 408 g/mol. The Hall–Kier alpha value is -1.40. The van der Waals surface area contributed by atoms with Crippen LogP contribution in [-0.2, 0) is 10.0 Å². The van der Waals surface area contributed by atoms with Crippen LogP contribution < -0.4 is 5.14 Å². The van der Waals surface area contributed by atoms with Gasteiger partial charge in [-0.1, -0.05) is 42.5 Å². The molecule has 0 heterocycles. The van der Waals surface area contributed by atoms with Gasteiger partial charge in [-0.05, 0) is 74.9 Å². The summed E-state index contributed by atoms with van der Waals surface area (Å²) in [6.45, 7) is 0. The topological polar surface area (TPSA) is 63.4 Å². The molecule has 1 atom stereocenters. The number of hydrogen-bond acceptors (Lipinski definition) is 3. The number of hydrogen-bond donors (Lipinski definition) is 1. The summed E-state index contributed by atoms with van der Waals surface area (Å²) < 4.78 is 22.8. The molecule has 148 valence electrons. The molecule has 0 spiro atoms. The van der Waals surface area contributed by atoms with Gasteiger partial charge < -0.3 is 4.90 Å². The summed E-state index contributed by atoms with van der Waals surface area (Å²) in [7, 11) is 0.709. The van der Waals surface area contributed by atoms with E-state index in [2.05, 4.69) is 49.3 Å². The molecule has 27 heavy (non-hydrogen) atoms. The van der Waals surface area contributed by atoms with Gasteiger partial charge in [0.2, 0.25) is 10.0 Å². The Labute approximate surface area is 169 Å². The van der Waals surface area contributed by atoms with E-state index in [1.807, 2.05) is 12.1 Å². The molecule has 1 saturated carbocycles. The average molecular weight is 409 g/mol. The number of benzene rings is 2. The van der Waals surface area contributed by atoms with E-state index in [0.29, 0.717) is 17.9 Å². The Balaban J connectivity index is 0.00000261. The maximum absolute atomic E-state index is 11.4. The van der Waals surface area contributed by atoms with Crippen molar-refractivity contribution in [2.75, 3.05) is 14.1 Å². The fourth-order valence-corrected chi connectivity index (χ4v) is 4.86. The highest BCUT2D eigenvalue weighted by Crippen LogP contribution is 2.42. The van der Waals surface area contributed by atoms with Crippen LogP contribution in [0, 0.1) is 5.92 Å². The minimum Gasteiger partial charge on any atom is -0.302 e. The lowest BCUT2D eigenvalue weighted by molar-refractivity contribution is 0.163. The number of halogens is 1. The Bertz CT molecular complexity index is 815. The van der Waals surface area contributed by atoms with Gasteiger partial charge in [0.1, 0.15) is 0 Å². The van der Waals surface area contributed by atoms with E-state index in [9.17, 15) is 8.42 Å². The van der Waals surface area contributed by atoms with Crippen molar-refractivity contribution in [1.82, 2.24) is 4.90 Å². The van der Waals surface area contributed by atoms with Gasteiger partial charge in [-0.2, -0.15) is 0 Å². The van der Waals surface area contributed by atoms with Crippen LogP contribution in [0.2, 0.25) is 0 Å². The van der Waals surface area contributed by atoms with Gasteiger partial charge in [-0.25, -0.2) is 13.6 Å². The quantitative estimate of drug-likeness (QED) is 0.800. The highest BCUT2D eigenvalue weighted by atomic mass is 35.5. The molecule has 2 aromatic carbocycles. The summed E-state index contributed by atoms with van der Waals surface area (Å²) in [5.41, 5.74) is 2.61. The van der Waals surface area contributed by atoms with E-state index >= 15 is 0 Å². The van der Waals surface area contributed by atoms with Gasteiger partial charge in [0.15, 0.2) is 0 Å². The van der Waals surface area contributed by atoms with Crippen LogP contribution in [0.4, 0.5) is 0 Å². The SMILES string of the molecule is CN(C)C(c1ccccc1)C1CCC(c2ccc(S(N)(=O)=O)cc2)CC1.Cl. The Morgan fingerprint density at radius 1 is 0.926 bits per heavy atom. The minimum absolute atomic E-state index is 0. The molecule has 2 aromatic rings. The standard InChI is InChI=1S/C21H28N2O2S.ClH/c1-23(2)21(18-6-4-3-5-7-18)19-10-8-16(9-11-19)17-12-14-20(15-13-17)26(22,24)25;/h3-7,12-16,19,21H,8-11H2,1-2H3,(H2,22,24,25);1H. The first kappa shape index (κ1) is 21.9. The van der Waals surface area contributed by atoms with Crippen LogP contribution in [-0.4, -0.2) is 27.4 Å². The summed E-state index contributed by atoms with van der Waals surface area (Å²) in [6.07, 6.45) is 4.63. The van der Waals surface area contributed by atoms with Crippen LogP contribution in [0.5, 0.6) is 0 Å². The van der Waals surface area contributed by atoms with Crippen molar-refractivity contribution >= 4 is 22.4 Å². The van der Waals surface area contributed by atoms with Crippen molar-refractivity contribution in [1.29, 1.82) is 0 Å². The van der Waals surface area contributed by atoms with E-state index in [0.717, 1.165) is 12.8 Å². The first-order valence-corrected chi connectivity index (χ1v) is 10.7. The Morgan fingerprint density at radius 3 is 1.96 bits per heavy atom. The van der Waals surface area contributed by atoms with Crippen LogP contribution in [0.25, 0.3) is 0 Å². The van der Waals surface area contributed by atoms with E-state index in [1.54, 1.807) is 12.1 Å². The second-order valence-corrected chi connectivity index (χ2v) is 9.11. The second kappa shape index (κ2) is 9.20. The molecule has 1 aliphatic carbocycles. The number of primary sulfonamides is 1. The molecule has 1 aliphatic rings. The first-order valence-electron chi connectivity index (χ1n) is 9.20. The summed E-state index contributed by atoms with van der Waals surface area (Å²) in [4.78, 5) is 2.52. The molecule has 0 aliphatic heterocycles. The fraction of sp³-hybridized carbons (Fsp3) is 0.429. The zero-order valence-electron chi connectivity index (χ0n) is 15.9. The van der Waals surface area contributed by atoms with Crippen molar-refractivity contribution in [2.24, 2.45) is 11.1 Å². The van der Waals surface area contributed by atoms with Crippen molar-refractivity contribution < 1.29 is 8.42 Å². The van der Waals surface area contributed by atoms with Crippen molar-refractivity contribution in [3.8, 4) is 0 Å². The molecule has 0 bridgehead atoms. The first-order chi connectivity index (χ1) is 12.4. The average Bonchev–Trinajstić information content (AvgIpc) is 2.62. The highest BCUT2D eigenvalue weighted by molar-refractivity contribution is 7.89. The molecule has 4 nitrogen and oxygen atoms in total. The number of sulfonamides is 1. The summed E-state index contributed by atoms with van der Waals surface area (Å²) in [5.74, 6) is 1.15. The van der Waals surface area contributed by atoms with Crippen molar-refractivity contribution in [2.45, 2.75) is 42.5 Å². The number of nitrogens with two attached hydrogens (primary N) is 1. The van der Waals surface area contributed by atoms with Crippen LogP contribution in [0.1, 0.15) is 48.8 Å². The molecule has 0 aromatic heterocycles. The van der Waals surface area contributed by atoms with Gasteiger partial charge in [0, 0.05) is 6.04 Å². The van der Waals surface area contributed by atoms with E-state index < -0.39 is 10.0 Å². The number of nitrogens with zero attached hydrogens (tertiary/aromatic N) is 1. The highest BCUT2D eigenvalue weighted by Gasteiger charge is 2.30. The van der Waals surface area contributed by atoms with E-state index in [4.69, 9.17) is 5.14 Å². The maximum atomic E-state index is 11.4. The summed E-state index contributed by atoms with van der Waals surface area (Å²) >= 11 is 0. The lowest BCUT2D eigenvalue weighted by atomic mass is 9.74. The Kier molecular flexibility index (Phi) is 7.46. The largest absolute Gasteiger partial charge is 0.302 e. The fourth-order valence-electron chi connectivity index (χ4n) is 4.34. The second-order valence-electron chi connectivity index (χ2n) is 7.54. The zero-order chi connectivity index (χ0) is 18.7. The molecule has 0 amide bonds. The molecule has 0 radical (unpaired) electrons. The van der Waals surface area contributed by atoms with Crippen LogP contribution in [0.15, 0.2) is 59.5 Å². The van der Waals surface area contributed by atoms with Gasteiger partial charge in [0.05, 0.1) is 4.90 Å². The predicted octanol–water partition coefficient (Wildman–Crippen LogP) is 4.33. The molecule has 1 unspecified atom stereocenters. The molecule has 2 N–H and O–H groups in total. The molecular formula is C21H29ClN2O2S. The minimum atomic E-state index is -3.62. The van der Waals surface area contributed by atoms with Gasteiger partial charge in [-0.15, -0.1) is 12.4 Å². The normalized spacial score (nSPS) is 21.5. The smallest absolute Gasteiger partial charge is 0.238 e.